The monoisotopic (exact) mass is 231 g/mol. The van der Waals surface area contributed by atoms with Crippen LogP contribution in [0.15, 0.2) is 30.3 Å². The number of carbonyl (C=O) groups excluding carboxylic acids is 1. The van der Waals surface area contributed by atoms with E-state index in [0.29, 0.717) is 13.0 Å². The molecule has 0 aliphatic rings. The van der Waals surface area contributed by atoms with E-state index in [9.17, 15) is 4.79 Å². The molecule has 1 amide bonds. The molecule has 0 radical (unpaired) electrons. The van der Waals surface area contributed by atoms with Crippen LogP contribution in [-0.2, 0) is 4.79 Å². The van der Waals surface area contributed by atoms with Gasteiger partial charge in [0.15, 0.2) is 0 Å². The highest BCUT2D eigenvalue weighted by molar-refractivity contribution is 5.76. The standard InChI is InChI=1S/C13H17N3O/c1-2-16(10-13(15)17)12(8-9-14)11-6-4-3-5-7-11/h3-7,12H,2,8,10H2,1H3,(H2,15,17). The quantitative estimate of drug-likeness (QED) is 0.805. The van der Waals surface area contributed by atoms with E-state index in [4.69, 9.17) is 11.0 Å². The summed E-state index contributed by atoms with van der Waals surface area (Å²) in [4.78, 5) is 12.9. The van der Waals surface area contributed by atoms with Crippen LogP contribution in [0.2, 0.25) is 0 Å². The van der Waals surface area contributed by atoms with Gasteiger partial charge in [-0.3, -0.25) is 9.69 Å². The molecule has 0 saturated carbocycles. The van der Waals surface area contributed by atoms with Gasteiger partial charge < -0.3 is 5.73 Å². The third kappa shape index (κ3) is 3.89. The van der Waals surface area contributed by atoms with Crippen molar-refractivity contribution >= 4 is 5.91 Å². The van der Waals surface area contributed by atoms with Gasteiger partial charge in [-0.15, -0.1) is 0 Å². The fourth-order valence-electron chi connectivity index (χ4n) is 1.86. The van der Waals surface area contributed by atoms with Crippen LogP contribution in [0.5, 0.6) is 0 Å². The molecule has 4 heteroatoms. The lowest BCUT2D eigenvalue weighted by molar-refractivity contribution is -0.119. The van der Waals surface area contributed by atoms with Gasteiger partial charge in [-0.05, 0) is 12.1 Å². The van der Waals surface area contributed by atoms with Gasteiger partial charge in [0, 0.05) is 6.04 Å². The summed E-state index contributed by atoms with van der Waals surface area (Å²) in [7, 11) is 0. The topological polar surface area (TPSA) is 70.1 Å². The lowest BCUT2D eigenvalue weighted by Gasteiger charge is -2.28. The molecular formula is C13H17N3O. The molecule has 0 spiro atoms. The average Bonchev–Trinajstić information content (AvgIpc) is 2.34. The van der Waals surface area contributed by atoms with Crippen LogP contribution in [0.4, 0.5) is 0 Å². The van der Waals surface area contributed by atoms with E-state index in [2.05, 4.69) is 6.07 Å². The number of primary amides is 1. The van der Waals surface area contributed by atoms with Crippen molar-refractivity contribution < 1.29 is 4.79 Å². The number of amides is 1. The molecule has 0 fully saturated rings. The number of rotatable bonds is 6. The van der Waals surface area contributed by atoms with Gasteiger partial charge >= 0.3 is 0 Å². The van der Waals surface area contributed by atoms with Crippen molar-refractivity contribution in [1.29, 1.82) is 5.26 Å². The van der Waals surface area contributed by atoms with E-state index in [1.807, 2.05) is 42.2 Å². The number of hydrogen-bond acceptors (Lipinski definition) is 3. The normalized spacial score (nSPS) is 12.1. The fourth-order valence-corrected chi connectivity index (χ4v) is 1.86. The van der Waals surface area contributed by atoms with E-state index >= 15 is 0 Å². The Kier molecular flexibility index (Phi) is 5.18. The summed E-state index contributed by atoms with van der Waals surface area (Å²) >= 11 is 0. The predicted octanol–water partition coefficient (Wildman–Crippen LogP) is 1.45. The predicted molar refractivity (Wildman–Crippen MR) is 65.9 cm³/mol. The molecule has 1 atom stereocenters. The minimum Gasteiger partial charge on any atom is -0.369 e. The molecule has 17 heavy (non-hydrogen) atoms. The third-order valence-electron chi connectivity index (χ3n) is 2.67. The van der Waals surface area contributed by atoms with Gasteiger partial charge in [0.05, 0.1) is 19.0 Å². The van der Waals surface area contributed by atoms with E-state index in [-0.39, 0.29) is 18.5 Å². The Hall–Kier alpha value is -1.86. The van der Waals surface area contributed by atoms with Crippen LogP contribution >= 0.6 is 0 Å². The molecule has 0 saturated heterocycles. The number of hydrogen-bond donors (Lipinski definition) is 1. The summed E-state index contributed by atoms with van der Waals surface area (Å²) in [6.45, 7) is 2.82. The Morgan fingerprint density at radius 2 is 2.12 bits per heavy atom. The Balaban J connectivity index is 2.91. The van der Waals surface area contributed by atoms with E-state index in [1.165, 1.54) is 0 Å². The van der Waals surface area contributed by atoms with Gasteiger partial charge in [-0.25, -0.2) is 0 Å². The molecule has 0 aliphatic heterocycles. The Labute approximate surface area is 102 Å². The lowest BCUT2D eigenvalue weighted by atomic mass is 10.0. The number of benzene rings is 1. The van der Waals surface area contributed by atoms with Crippen LogP contribution in [0.1, 0.15) is 24.9 Å². The molecule has 2 N–H and O–H groups in total. The highest BCUT2D eigenvalue weighted by Gasteiger charge is 2.19. The zero-order chi connectivity index (χ0) is 12.7. The molecule has 1 aromatic carbocycles. The second kappa shape index (κ2) is 6.66. The van der Waals surface area contributed by atoms with Gasteiger partial charge in [-0.1, -0.05) is 37.3 Å². The minimum absolute atomic E-state index is 0.0706. The van der Waals surface area contributed by atoms with Gasteiger partial charge in [-0.2, -0.15) is 5.26 Å². The summed E-state index contributed by atoms with van der Waals surface area (Å²) in [5, 5.41) is 8.88. The van der Waals surface area contributed by atoms with E-state index in [0.717, 1.165) is 5.56 Å². The maximum absolute atomic E-state index is 11.0. The fraction of sp³-hybridized carbons (Fsp3) is 0.385. The summed E-state index contributed by atoms with van der Waals surface area (Å²) < 4.78 is 0. The van der Waals surface area contributed by atoms with Crippen molar-refractivity contribution in [1.82, 2.24) is 4.90 Å². The largest absolute Gasteiger partial charge is 0.369 e. The van der Waals surface area contributed by atoms with Crippen LogP contribution in [0, 0.1) is 11.3 Å². The lowest BCUT2D eigenvalue weighted by Crippen LogP contribution is -2.36. The van der Waals surface area contributed by atoms with Crippen LogP contribution < -0.4 is 5.73 Å². The average molecular weight is 231 g/mol. The Morgan fingerprint density at radius 1 is 1.47 bits per heavy atom. The van der Waals surface area contributed by atoms with Gasteiger partial charge in [0.1, 0.15) is 0 Å². The van der Waals surface area contributed by atoms with Crippen molar-refractivity contribution in [3.8, 4) is 6.07 Å². The summed E-state index contributed by atoms with van der Waals surface area (Å²) in [5.74, 6) is -0.370. The van der Waals surface area contributed by atoms with Crippen molar-refractivity contribution in [2.75, 3.05) is 13.1 Å². The summed E-state index contributed by atoms with van der Waals surface area (Å²) in [5.41, 5.74) is 6.26. The van der Waals surface area contributed by atoms with Crippen molar-refractivity contribution in [2.45, 2.75) is 19.4 Å². The summed E-state index contributed by atoms with van der Waals surface area (Å²) in [6.07, 6.45) is 0.352. The Morgan fingerprint density at radius 3 is 2.59 bits per heavy atom. The first-order valence-corrected chi connectivity index (χ1v) is 5.63. The SMILES string of the molecule is CCN(CC(N)=O)C(CC#N)c1ccccc1. The molecule has 1 unspecified atom stereocenters. The van der Waals surface area contributed by atoms with Crippen LogP contribution in [0.3, 0.4) is 0 Å². The van der Waals surface area contributed by atoms with Crippen molar-refractivity contribution in [3.05, 3.63) is 35.9 Å². The molecule has 1 aromatic rings. The first-order valence-electron chi connectivity index (χ1n) is 5.63. The molecule has 90 valence electrons. The molecular weight excluding hydrogens is 214 g/mol. The maximum Gasteiger partial charge on any atom is 0.231 e. The van der Waals surface area contributed by atoms with Crippen molar-refractivity contribution in [2.24, 2.45) is 5.73 Å². The molecule has 0 aromatic heterocycles. The second-order valence-electron chi connectivity index (χ2n) is 3.82. The molecule has 0 aliphatic carbocycles. The molecule has 0 bridgehead atoms. The number of likely N-dealkylation sites (N-methyl/N-ethyl adjacent to an activating group) is 1. The number of nitriles is 1. The number of carbonyl (C=O) groups is 1. The molecule has 0 heterocycles. The van der Waals surface area contributed by atoms with Crippen LogP contribution in [0.25, 0.3) is 0 Å². The second-order valence-corrected chi connectivity index (χ2v) is 3.82. The first-order chi connectivity index (χ1) is 8.19. The number of nitrogens with zero attached hydrogens (tertiary/aromatic N) is 2. The number of nitrogens with two attached hydrogens (primary N) is 1. The zero-order valence-corrected chi connectivity index (χ0v) is 9.97. The maximum atomic E-state index is 11.0. The summed E-state index contributed by atoms with van der Waals surface area (Å²) in [6, 6.07) is 11.8. The minimum atomic E-state index is -0.370. The zero-order valence-electron chi connectivity index (χ0n) is 9.97. The molecule has 4 nitrogen and oxygen atoms in total. The third-order valence-corrected chi connectivity index (χ3v) is 2.67. The van der Waals surface area contributed by atoms with E-state index < -0.39 is 0 Å². The van der Waals surface area contributed by atoms with Crippen molar-refractivity contribution in [3.63, 3.8) is 0 Å². The highest BCUT2D eigenvalue weighted by atomic mass is 16.1. The van der Waals surface area contributed by atoms with Gasteiger partial charge in [0.2, 0.25) is 5.91 Å². The Bertz CT molecular complexity index is 397. The first kappa shape index (κ1) is 13.2. The van der Waals surface area contributed by atoms with Crippen LogP contribution in [-0.4, -0.2) is 23.9 Å². The van der Waals surface area contributed by atoms with Gasteiger partial charge in [0.25, 0.3) is 0 Å². The van der Waals surface area contributed by atoms with E-state index in [1.54, 1.807) is 0 Å². The molecule has 1 rings (SSSR count). The smallest absolute Gasteiger partial charge is 0.231 e. The highest BCUT2D eigenvalue weighted by Crippen LogP contribution is 2.23.